The van der Waals surface area contributed by atoms with E-state index in [1.165, 1.54) is 20.0 Å². The van der Waals surface area contributed by atoms with Gasteiger partial charge in [0, 0.05) is 32.3 Å². The maximum Gasteiger partial charge on any atom is 0.260 e. The molecule has 0 spiro atoms. The molecule has 1 aromatic carbocycles. The molecule has 238 valence electrons. The molecule has 5 atom stereocenters. The lowest BCUT2D eigenvalue weighted by Gasteiger charge is -2.33. The van der Waals surface area contributed by atoms with Crippen molar-refractivity contribution >= 4 is 36.3 Å². The number of aliphatic imine (C=N–C) groups is 1. The Kier molecular flexibility index (Phi) is 12.6. The Morgan fingerprint density at radius 1 is 1.16 bits per heavy atom. The fourth-order valence-electron chi connectivity index (χ4n) is 4.84. The van der Waals surface area contributed by atoms with Gasteiger partial charge in [0.15, 0.2) is 6.61 Å². The molecule has 0 saturated carbocycles. The number of allylic oxidation sites excluding steroid dienone is 2. The average molecular weight is 611 g/mol. The Morgan fingerprint density at radius 3 is 2.57 bits per heavy atom. The van der Waals surface area contributed by atoms with E-state index in [-0.39, 0.29) is 32.0 Å². The van der Waals surface area contributed by atoms with Crippen LogP contribution in [0.5, 0.6) is 5.75 Å². The third-order valence-corrected chi connectivity index (χ3v) is 7.43. The second-order valence-corrected chi connectivity index (χ2v) is 11.1. The third-order valence-electron chi connectivity index (χ3n) is 7.43. The van der Waals surface area contributed by atoms with Crippen molar-refractivity contribution in [2.75, 3.05) is 26.2 Å². The average Bonchev–Trinajstić information content (AvgIpc) is 3.00. The first-order chi connectivity index (χ1) is 21.0. The molecule has 1 fully saturated rings. The lowest BCUT2D eigenvalue weighted by molar-refractivity contribution is -0.140. The summed E-state index contributed by atoms with van der Waals surface area (Å²) < 4.78 is 5.70. The zero-order valence-electron chi connectivity index (χ0n) is 25.4. The normalized spacial score (nSPS) is 24.9. The van der Waals surface area contributed by atoms with Crippen molar-refractivity contribution in [3.05, 3.63) is 53.8 Å². The number of aliphatic hydroxyl groups is 1. The zero-order chi connectivity index (χ0) is 32.2. The number of rotatable bonds is 6. The SMILES string of the molecule is C=N/C=C\C=C(/C)CNC(=O)[C@@H]1Cc2ccc(cc2)OCC(=O)N2CCC[C@@H](C2)C(=O)N[C@@H]([C@@H](C)O)C(=O)N[C@@H](C)C(=O)N1. The second-order valence-electron chi connectivity index (χ2n) is 11.1. The number of aliphatic hydroxyl groups excluding tert-OH is 1. The maximum atomic E-state index is 13.2. The highest BCUT2D eigenvalue weighted by molar-refractivity contribution is 5.94. The predicted molar refractivity (Wildman–Crippen MR) is 164 cm³/mol. The van der Waals surface area contributed by atoms with Crippen LogP contribution < -0.4 is 26.0 Å². The molecule has 4 rings (SSSR count). The molecule has 1 aromatic rings. The molecule has 4 bridgehead atoms. The number of hydrogen-bond acceptors (Lipinski definition) is 8. The smallest absolute Gasteiger partial charge is 0.260 e. The van der Waals surface area contributed by atoms with Crippen LogP contribution in [0.1, 0.15) is 39.2 Å². The predicted octanol–water partition coefficient (Wildman–Crippen LogP) is -0.00800. The molecule has 0 radical (unpaired) electrons. The number of piperidine rings is 1. The Labute approximate surface area is 257 Å². The van der Waals surface area contributed by atoms with Crippen LogP contribution in [0.15, 0.2) is 53.2 Å². The molecule has 0 aliphatic carbocycles. The van der Waals surface area contributed by atoms with Gasteiger partial charge in [-0.1, -0.05) is 23.8 Å². The van der Waals surface area contributed by atoms with Crippen LogP contribution >= 0.6 is 0 Å². The van der Waals surface area contributed by atoms with Crippen LogP contribution in [0.4, 0.5) is 0 Å². The number of carbonyl (C=O) groups is 5. The first-order valence-corrected chi connectivity index (χ1v) is 14.6. The largest absolute Gasteiger partial charge is 0.484 e. The van der Waals surface area contributed by atoms with Crippen molar-refractivity contribution in [3.8, 4) is 5.75 Å². The molecule has 13 nitrogen and oxygen atoms in total. The number of amides is 5. The topological polar surface area (TPSA) is 179 Å². The molecule has 5 amide bonds. The van der Waals surface area contributed by atoms with E-state index in [1.807, 2.05) is 6.92 Å². The van der Waals surface area contributed by atoms with Crippen molar-refractivity contribution in [1.82, 2.24) is 26.2 Å². The molecular formula is C31H42N6O7. The van der Waals surface area contributed by atoms with Crippen molar-refractivity contribution in [2.24, 2.45) is 10.9 Å². The standard InChI is InChI=1S/C31H42N6O7/c1-19(7-5-13-32-4)16-33-30(42)25-15-22-9-11-24(12-10-22)44-18-26(39)37-14-6-8-23(17-37)29(41)36-27(21(3)38)31(43)34-20(2)28(40)35-25/h5,7,9-13,20-21,23,25,27,38H,4,6,8,14-18H2,1-3H3,(H,33,42)(H,34,43)(H,35,40)(H,36,41)/b13-5-,19-7+/t20-,21+,23-,25-,27-/m0/s1. The molecule has 44 heavy (non-hydrogen) atoms. The van der Waals surface area contributed by atoms with Gasteiger partial charge in [-0.3, -0.25) is 29.0 Å². The summed E-state index contributed by atoms with van der Waals surface area (Å²) in [5.41, 5.74) is 1.55. The Morgan fingerprint density at radius 2 is 1.89 bits per heavy atom. The van der Waals surface area contributed by atoms with Crippen molar-refractivity contribution in [2.45, 2.75) is 64.3 Å². The van der Waals surface area contributed by atoms with Crippen LogP contribution in [0.2, 0.25) is 0 Å². The minimum atomic E-state index is -1.34. The summed E-state index contributed by atoms with van der Waals surface area (Å²) >= 11 is 0. The monoisotopic (exact) mass is 610 g/mol. The lowest BCUT2D eigenvalue weighted by atomic mass is 9.96. The minimum Gasteiger partial charge on any atom is -0.484 e. The summed E-state index contributed by atoms with van der Waals surface area (Å²) in [5, 5.41) is 20.9. The fraction of sp³-hybridized carbons (Fsp3) is 0.484. The molecule has 1 saturated heterocycles. The van der Waals surface area contributed by atoms with E-state index in [1.54, 1.807) is 41.3 Å². The molecule has 3 aliphatic rings. The summed E-state index contributed by atoms with van der Waals surface area (Å²) in [6.07, 6.45) is 4.92. The molecule has 13 heteroatoms. The maximum absolute atomic E-state index is 13.2. The molecule has 5 N–H and O–H groups in total. The van der Waals surface area contributed by atoms with Gasteiger partial charge >= 0.3 is 0 Å². The second kappa shape index (κ2) is 16.4. The van der Waals surface area contributed by atoms with Crippen LogP contribution in [-0.4, -0.2) is 96.7 Å². The number of nitrogens with zero attached hydrogens (tertiary/aromatic N) is 2. The molecule has 0 unspecified atom stereocenters. The number of fused-ring (bicyclic) bond motifs is 13. The molecule has 3 aliphatic heterocycles. The summed E-state index contributed by atoms with van der Waals surface area (Å²) in [7, 11) is 0. The van der Waals surface area contributed by atoms with Crippen molar-refractivity contribution < 1.29 is 33.8 Å². The van der Waals surface area contributed by atoms with E-state index in [0.29, 0.717) is 25.1 Å². The van der Waals surface area contributed by atoms with E-state index in [0.717, 1.165) is 11.1 Å². The quantitative estimate of drug-likeness (QED) is 0.171. The van der Waals surface area contributed by atoms with Gasteiger partial charge in [0.1, 0.15) is 23.9 Å². The fourth-order valence-corrected chi connectivity index (χ4v) is 4.84. The molecular weight excluding hydrogens is 568 g/mol. The first-order valence-electron chi connectivity index (χ1n) is 14.6. The minimum absolute atomic E-state index is 0.127. The van der Waals surface area contributed by atoms with E-state index in [9.17, 15) is 29.1 Å². The van der Waals surface area contributed by atoms with Gasteiger partial charge in [-0.15, -0.1) is 0 Å². The number of nitrogens with one attached hydrogen (secondary N) is 4. The molecule has 0 aromatic heterocycles. The number of ether oxygens (including phenoxy) is 1. The Balaban J connectivity index is 1.85. The molecule has 3 heterocycles. The van der Waals surface area contributed by atoms with Gasteiger partial charge in [-0.25, -0.2) is 0 Å². The Bertz CT molecular complexity index is 1280. The summed E-state index contributed by atoms with van der Waals surface area (Å²) in [5.74, 6) is -2.73. The highest BCUT2D eigenvalue weighted by Gasteiger charge is 2.34. The summed E-state index contributed by atoms with van der Waals surface area (Å²) in [4.78, 5) is 70.6. The summed E-state index contributed by atoms with van der Waals surface area (Å²) in [6.45, 7) is 8.60. The highest BCUT2D eigenvalue weighted by atomic mass is 16.5. The van der Waals surface area contributed by atoms with Gasteiger partial charge in [-0.2, -0.15) is 0 Å². The van der Waals surface area contributed by atoms with E-state index in [4.69, 9.17) is 4.74 Å². The van der Waals surface area contributed by atoms with E-state index < -0.39 is 53.8 Å². The van der Waals surface area contributed by atoms with Crippen LogP contribution in [0.25, 0.3) is 0 Å². The number of benzene rings is 1. The third kappa shape index (κ3) is 10.0. The van der Waals surface area contributed by atoms with Crippen LogP contribution in [0.3, 0.4) is 0 Å². The number of carbonyl (C=O) groups excluding carboxylic acids is 5. The highest BCUT2D eigenvalue weighted by Crippen LogP contribution is 2.19. The number of hydrogen-bond donors (Lipinski definition) is 5. The van der Waals surface area contributed by atoms with Gasteiger partial charge in [0.05, 0.1) is 12.0 Å². The van der Waals surface area contributed by atoms with E-state index in [2.05, 4.69) is 33.0 Å². The van der Waals surface area contributed by atoms with E-state index >= 15 is 0 Å². The van der Waals surface area contributed by atoms with Gasteiger partial charge in [-0.05, 0) is 64.1 Å². The van der Waals surface area contributed by atoms with Crippen molar-refractivity contribution in [1.29, 1.82) is 0 Å². The van der Waals surface area contributed by atoms with Gasteiger partial charge in [0.2, 0.25) is 23.6 Å². The summed E-state index contributed by atoms with van der Waals surface area (Å²) in [6, 6.07) is 3.39. The van der Waals surface area contributed by atoms with Crippen LogP contribution in [0, 0.1) is 5.92 Å². The van der Waals surface area contributed by atoms with Gasteiger partial charge < -0.3 is 36.0 Å². The first kappa shape index (κ1) is 34.0. The van der Waals surface area contributed by atoms with Gasteiger partial charge in [0.25, 0.3) is 5.91 Å². The lowest BCUT2D eigenvalue weighted by Crippen LogP contribution is -2.59. The zero-order valence-corrected chi connectivity index (χ0v) is 25.4. The van der Waals surface area contributed by atoms with Crippen LogP contribution in [-0.2, 0) is 30.4 Å². The Hall–Kier alpha value is -4.52. The van der Waals surface area contributed by atoms with Crippen molar-refractivity contribution in [3.63, 3.8) is 0 Å².